The van der Waals surface area contributed by atoms with E-state index in [2.05, 4.69) is 14.9 Å². The van der Waals surface area contributed by atoms with Crippen LogP contribution in [0.1, 0.15) is 5.89 Å². The highest BCUT2D eigenvalue weighted by Crippen LogP contribution is 2.22. The number of methoxy groups -OCH3 is 1. The van der Waals surface area contributed by atoms with E-state index in [4.69, 9.17) is 9.15 Å². The maximum Gasteiger partial charge on any atom is 0.250 e. The van der Waals surface area contributed by atoms with E-state index >= 15 is 0 Å². The van der Waals surface area contributed by atoms with Gasteiger partial charge in [-0.25, -0.2) is 13.1 Å². The van der Waals surface area contributed by atoms with Gasteiger partial charge in [-0.05, 0) is 29.6 Å². The van der Waals surface area contributed by atoms with Gasteiger partial charge in [-0.1, -0.05) is 12.1 Å². The van der Waals surface area contributed by atoms with Gasteiger partial charge in [0, 0.05) is 18.5 Å². The van der Waals surface area contributed by atoms with Gasteiger partial charge in [0.1, 0.15) is 9.96 Å². The molecule has 0 aliphatic rings. The summed E-state index contributed by atoms with van der Waals surface area (Å²) in [5.41, 5.74) is 0.743. The molecule has 0 fully saturated rings. The van der Waals surface area contributed by atoms with Crippen molar-refractivity contribution in [2.75, 3.05) is 13.7 Å². The number of thiophene rings is 1. The summed E-state index contributed by atoms with van der Waals surface area (Å²) in [4.78, 5) is 0. The first kappa shape index (κ1) is 16.6. The van der Waals surface area contributed by atoms with Crippen molar-refractivity contribution < 1.29 is 17.6 Å². The monoisotopic (exact) mass is 365 g/mol. The van der Waals surface area contributed by atoms with Crippen molar-refractivity contribution >= 4 is 21.4 Å². The van der Waals surface area contributed by atoms with E-state index in [1.165, 1.54) is 11.3 Å². The van der Waals surface area contributed by atoms with Gasteiger partial charge in [0.25, 0.3) is 0 Å². The summed E-state index contributed by atoms with van der Waals surface area (Å²) in [7, 11) is -1.90. The van der Waals surface area contributed by atoms with Gasteiger partial charge >= 0.3 is 0 Å². The Hall–Kier alpha value is -2.23. The fourth-order valence-electron chi connectivity index (χ4n) is 2.01. The molecule has 0 saturated carbocycles. The lowest BCUT2D eigenvalue weighted by Crippen LogP contribution is -2.25. The van der Waals surface area contributed by atoms with Gasteiger partial charge < -0.3 is 9.15 Å². The maximum atomic E-state index is 12.0. The summed E-state index contributed by atoms with van der Waals surface area (Å²) in [6.45, 7) is 0.181. The first-order valence-electron chi connectivity index (χ1n) is 7.08. The molecule has 7 nitrogen and oxygen atoms in total. The van der Waals surface area contributed by atoms with Crippen molar-refractivity contribution in [2.45, 2.75) is 10.6 Å². The van der Waals surface area contributed by atoms with Gasteiger partial charge in [-0.15, -0.1) is 21.5 Å². The Labute approximate surface area is 143 Å². The molecule has 0 amide bonds. The van der Waals surface area contributed by atoms with Crippen molar-refractivity contribution in [1.82, 2.24) is 14.9 Å². The Kier molecular flexibility index (Phi) is 4.93. The van der Waals surface area contributed by atoms with Gasteiger partial charge in [-0.2, -0.15) is 0 Å². The van der Waals surface area contributed by atoms with Crippen LogP contribution in [0.5, 0.6) is 5.75 Å². The molecule has 0 unspecified atom stereocenters. The minimum absolute atomic E-state index is 0.181. The Bertz CT molecular complexity index is 904. The zero-order valence-electron chi connectivity index (χ0n) is 12.8. The third-order valence-electron chi connectivity index (χ3n) is 3.17. The number of sulfonamides is 1. The molecule has 126 valence electrons. The van der Waals surface area contributed by atoms with Gasteiger partial charge in [0.2, 0.25) is 21.8 Å². The van der Waals surface area contributed by atoms with Crippen LogP contribution in [0.25, 0.3) is 11.5 Å². The minimum atomic E-state index is -3.48. The predicted octanol–water partition coefficient (Wildman–Crippen LogP) is 2.33. The standard InChI is InChI=1S/C15H15N3O4S2/c1-21-12-5-2-4-11(10-12)15-18-17-13(22-15)7-8-16-24(19,20)14-6-3-9-23-14/h2-6,9-10,16H,7-8H2,1H3. The van der Waals surface area contributed by atoms with Crippen molar-refractivity contribution in [3.05, 3.63) is 47.7 Å². The smallest absolute Gasteiger partial charge is 0.250 e. The van der Waals surface area contributed by atoms with Crippen LogP contribution in [-0.4, -0.2) is 32.3 Å². The summed E-state index contributed by atoms with van der Waals surface area (Å²) in [6, 6.07) is 10.5. The van der Waals surface area contributed by atoms with Crippen LogP contribution in [0.4, 0.5) is 0 Å². The second-order valence-electron chi connectivity index (χ2n) is 4.81. The third-order valence-corrected chi connectivity index (χ3v) is 6.03. The number of nitrogens with zero attached hydrogens (tertiary/aromatic N) is 2. The molecule has 2 heterocycles. The van der Waals surface area contributed by atoms with Crippen molar-refractivity contribution in [3.63, 3.8) is 0 Å². The zero-order chi connectivity index (χ0) is 17.0. The van der Waals surface area contributed by atoms with E-state index in [1.54, 1.807) is 30.7 Å². The van der Waals surface area contributed by atoms with E-state index < -0.39 is 10.0 Å². The highest BCUT2D eigenvalue weighted by Gasteiger charge is 2.15. The minimum Gasteiger partial charge on any atom is -0.497 e. The summed E-state index contributed by atoms with van der Waals surface area (Å²) in [6.07, 6.45) is 0.307. The van der Waals surface area contributed by atoms with Crippen LogP contribution in [0.3, 0.4) is 0 Å². The molecule has 3 aromatic rings. The molecule has 9 heteroatoms. The summed E-state index contributed by atoms with van der Waals surface area (Å²) < 4.78 is 37.5. The van der Waals surface area contributed by atoms with Crippen LogP contribution in [0, 0.1) is 0 Å². The van der Waals surface area contributed by atoms with E-state index in [9.17, 15) is 8.42 Å². The second kappa shape index (κ2) is 7.12. The number of hydrogen-bond donors (Lipinski definition) is 1. The number of rotatable bonds is 7. The van der Waals surface area contributed by atoms with Crippen LogP contribution < -0.4 is 9.46 Å². The number of ether oxygens (including phenoxy) is 1. The average Bonchev–Trinajstić information content (AvgIpc) is 3.27. The number of benzene rings is 1. The molecule has 1 N–H and O–H groups in total. The highest BCUT2D eigenvalue weighted by molar-refractivity contribution is 7.91. The Morgan fingerprint density at radius 2 is 2.12 bits per heavy atom. The largest absolute Gasteiger partial charge is 0.497 e. The van der Waals surface area contributed by atoms with Crippen LogP contribution in [0.2, 0.25) is 0 Å². The molecule has 0 atom stereocenters. The van der Waals surface area contributed by atoms with Crippen LogP contribution in [-0.2, 0) is 16.4 Å². The highest BCUT2D eigenvalue weighted by atomic mass is 32.2. The predicted molar refractivity (Wildman–Crippen MR) is 89.5 cm³/mol. The maximum absolute atomic E-state index is 12.0. The van der Waals surface area contributed by atoms with Gasteiger partial charge in [0.05, 0.1) is 7.11 Å². The van der Waals surface area contributed by atoms with Crippen LogP contribution >= 0.6 is 11.3 Å². The lowest BCUT2D eigenvalue weighted by molar-refractivity contribution is 0.414. The molecule has 0 radical (unpaired) electrons. The first-order valence-corrected chi connectivity index (χ1v) is 9.45. The van der Waals surface area contributed by atoms with Crippen molar-refractivity contribution in [2.24, 2.45) is 0 Å². The Balaban J connectivity index is 1.62. The molecular formula is C15H15N3O4S2. The molecular weight excluding hydrogens is 350 g/mol. The quantitative estimate of drug-likeness (QED) is 0.690. The third kappa shape index (κ3) is 3.81. The lowest BCUT2D eigenvalue weighted by atomic mass is 10.2. The van der Waals surface area contributed by atoms with Crippen molar-refractivity contribution in [1.29, 1.82) is 0 Å². The molecule has 0 aliphatic heterocycles. The van der Waals surface area contributed by atoms with Crippen molar-refractivity contribution in [3.8, 4) is 17.2 Å². The first-order chi connectivity index (χ1) is 11.6. The number of aromatic nitrogens is 2. The molecule has 24 heavy (non-hydrogen) atoms. The summed E-state index contributed by atoms with van der Waals surface area (Å²) in [5.74, 6) is 1.42. The van der Waals surface area contributed by atoms with Gasteiger partial charge in [-0.3, -0.25) is 0 Å². The molecule has 0 aliphatic carbocycles. The molecule has 0 spiro atoms. The van der Waals surface area contributed by atoms with E-state index in [0.717, 1.165) is 5.56 Å². The molecule has 1 aromatic carbocycles. The fraction of sp³-hybridized carbons (Fsp3) is 0.200. The van der Waals surface area contributed by atoms with E-state index in [1.807, 2.05) is 18.2 Å². The van der Waals surface area contributed by atoms with E-state index in [-0.39, 0.29) is 10.8 Å². The SMILES string of the molecule is COc1cccc(-c2nnc(CCNS(=O)(=O)c3cccs3)o2)c1. The van der Waals surface area contributed by atoms with E-state index in [0.29, 0.717) is 24.0 Å². The topological polar surface area (TPSA) is 94.3 Å². The number of nitrogens with one attached hydrogen (secondary N) is 1. The lowest BCUT2D eigenvalue weighted by Gasteiger charge is -2.02. The molecule has 2 aromatic heterocycles. The summed E-state index contributed by atoms with van der Waals surface area (Å²) >= 11 is 1.17. The van der Waals surface area contributed by atoms with Crippen LogP contribution in [0.15, 0.2) is 50.4 Å². The zero-order valence-corrected chi connectivity index (χ0v) is 14.4. The Morgan fingerprint density at radius 3 is 2.88 bits per heavy atom. The number of hydrogen-bond acceptors (Lipinski definition) is 7. The fourth-order valence-corrected chi connectivity index (χ4v) is 4.08. The molecule has 0 saturated heterocycles. The summed E-state index contributed by atoms with van der Waals surface area (Å²) in [5, 5.41) is 9.64. The Morgan fingerprint density at radius 1 is 1.25 bits per heavy atom. The normalized spacial score (nSPS) is 11.5. The molecule has 0 bridgehead atoms. The average molecular weight is 365 g/mol. The second-order valence-corrected chi connectivity index (χ2v) is 7.75. The molecule has 3 rings (SSSR count). The van der Waals surface area contributed by atoms with Gasteiger partial charge in [0.15, 0.2) is 0 Å².